The number of hydrogen-bond donors (Lipinski definition) is 3. The molecule has 2 heterocycles. The summed E-state index contributed by atoms with van der Waals surface area (Å²) in [6, 6.07) is 3.56. The van der Waals surface area contributed by atoms with E-state index in [9.17, 15) is 0 Å². The highest BCUT2D eigenvalue weighted by Crippen LogP contribution is 2.22. The van der Waals surface area contributed by atoms with Gasteiger partial charge in [-0.05, 0) is 31.4 Å². The van der Waals surface area contributed by atoms with Gasteiger partial charge in [-0.15, -0.1) is 0 Å². The highest BCUT2D eigenvalue weighted by atomic mass is 16.3. The van der Waals surface area contributed by atoms with Gasteiger partial charge in [0, 0.05) is 18.7 Å². The number of furan rings is 1. The van der Waals surface area contributed by atoms with E-state index in [4.69, 9.17) is 15.6 Å². The van der Waals surface area contributed by atoms with Gasteiger partial charge in [-0.1, -0.05) is 23.8 Å². The fraction of sp³-hybridized carbons (Fsp3) is 0.312. The second kappa shape index (κ2) is 5.61. The Morgan fingerprint density at radius 1 is 1.57 bits per heavy atom. The maximum Gasteiger partial charge on any atom is 0.151 e. The van der Waals surface area contributed by atoms with Crippen LogP contribution in [-0.4, -0.2) is 23.8 Å². The molecule has 1 unspecified atom stereocenters. The molecule has 0 amide bonds. The first-order valence-electron chi connectivity index (χ1n) is 7.11. The third kappa shape index (κ3) is 2.78. The Bertz CT molecular complexity index is 625. The third-order valence-corrected chi connectivity index (χ3v) is 3.88. The van der Waals surface area contributed by atoms with E-state index >= 15 is 0 Å². The molecule has 4 N–H and O–H groups in total. The lowest BCUT2D eigenvalue weighted by Gasteiger charge is -2.25. The van der Waals surface area contributed by atoms with Gasteiger partial charge in [0.25, 0.3) is 0 Å². The summed E-state index contributed by atoms with van der Waals surface area (Å²) >= 11 is 0. The minimum atomic E-state index is 0.350. The van der Waals surface area contributed by atoms with Gasteiger partial charge >= 0.3 is 0 Å². The molecule has 5 heteroatoms. The molecular formula is C16H20N4O. The molecule has 3 rings (SSSR count). The average molecular weight is 284 g/mol. The smallest absolute Gasteiger partial charge is 0.151 e. The van der Waals surface area contributed by atoms with Crippen LogP contribution in [0.5, 0.6) is 0 Å². The Morgan fingerprint density at radius 3 is 3.14 bits per heavy atom. The predicted molar refractivity (Wildman–Crippen MR) is 82.5 cm³/mol. The van der Waals surface area contributed by atoms with E-state index in [0.717, 1.165) is 18.5 Å². The number of rotatable bonds is 4. The molecule has 0 spiro atoms. The Labute approximate surface area is 124 Å². The summed E-state index contributed by atoms with van der Waals surface area (Å²) in [5.41, 5.74) is 12.0. The van der Waals surface area contributed by atoms with Gasteiger partial charge in [-0.3, -0.25) is 10.4 Å². The third-order valence-electron chi connectivity index (χ3n) is 3.88. The SMILES string of the molecule is CC1=CC=CC(CN2NCC(C(=N)c3ccco3)=C2N)C1. The van der Waals surface area contributed by atoms with E-state index in [0.29, 0.717) is 29.8 Å². The van der Waals surface area contributed by atoms with E-state index in [1.54, 1.807) is 18.4 Å². The highest BCUT2D eigenvalue weighted by Gasteiger charge is 2.26. The fourth-order valence-electron chi connectivity index (χ4n) is 2.75. The molecule has 110 valence electrons. The van der Waals surface area contributed by atoms with Crippen molar-refractivity contribution in [1.29, 1.82) is 5.41 Å². The van der Waals surface area contributed by atoms with E-state index < -0.39 is 0 Å². The lowest BCUT2D eigenvalue weighted by Crippen LogP contribution is -2.38. The number of nitrogens with two attached hydrogens (primary N) is 1. The van der Waals surface area contributed by atoms with Gasteiger partial charge in [0.15, 0.2) is 5.76 Å². The van der Waals surface area contributed by atoms with Crippen molar-refractivity contribution in [3.63, 3.8) is 0 Å². The molecule has 0 aromatic carbocycles. The number of hydrazine groups is 1. The van der Waals surface area contributed by atoms with Gasteiger partial charge < -0.3 is 10.2 Å². The first-order chi connectivity index (χ1) is 10.1. The van der Waals surface area contributed by atoms with E-state index in [-0.39, 0.29) is 0 Å². The molecule has 1 aromatic rings. The van der Waals surface area contributed by atoms with Crippen LogP contribution < -0.4 is 11.2 Å². The molecule has 21 heavy (non-hydrogen) atoms. The summed E-state index contributed by atoms with van der Waals surface area (Å²) in [6.07, 6.45) is 9.07. The molecule has 0 saturated carbocycles. The number of allylic oxidation sites excluding steroid dienone is 3. The average Bonchev–Trinajstić information content (AvgIpc) is 3.10. The van der Waals surface area contributed by atoms with Crippen molar-refractivity contribution in [3.05, 3.63) is 59.4 Å². The summed E-state index contributed by atoms with van der Waals surface area (Å²) in [6.45, 7) is 3.52. The van der Waals surface area contributed by atoms with Crippen molar-refractivity contribution in [1.82, 2.24) is 10.4 Å². The van der Waals surface area contributed by atoms with Crippen LogP contribution in [0.3, 0.4) is 0 Å². The zero-order valence-electron chi connectivity index (χ0n) is 12.1. The first-order valence-corrected chi connectivity index (χ1v) is 7.11. The van der Waals surface area contributed by atoms with Crippen molar-refractivity contribution in [3.8, 4) is 0 Å². The molecule has 0 saturated heterocycles. The summed E-state index contributed by atoms with van der Waals surface area (Å²) in [7, 11) is 0. The van der Waals surface area contributed by atoms with Crippen LogP contribution in [0, 0.1) is 11.3 Å². The van der Waals surface area contributed by atoms with Crippen LogP contribution in [0.25, 0.3) is 0 Å². The van der Waals surface area contributed by atoms with Crippen molar-refractivity contribution in [2.75, 3.05) is 13.1 Å². The molecule has 2 aliphatic rings. The van der Waals surface area contributed by atoms with E-state index in [2.05, 4.69) is 30.6 Å². The molecule has 1 aromatic heterocycles. The zero-order chi connectivity index (χ0) is 14.8. The van der Waals surface area contributed by atoms with Crippen molar-refractivity contribution in [2.45, 2.75) is 13.3 Å². The van der Waals surface area contributed by atoms with Gasteiger partial charge in [-0.25, -0.2) is 5.43 Å². The summed E-state index contributed by atoms with van der Waals surface area (Å²) in [5.74, 6) is 1.61. The minimum Gasteiger partial charge on any atom is -0.463 e. The quantitative estimate of drug-likeness (QED) is 0.740. The molecule has 0 radical (unpaired) electrons. The summed E-state index contributed by atoms with van der Waals surface area (Å²) in [5, 5.41) is 10.1. The minimum absolute atomic E-state index is 0.350. The molecule has 0 bridgehead atoms. The number of nitrogens with zero attached hydrogens (tertiary/aromatic N) is 1. The highest BCUT2D eigenvalue weighted by molar-refractivity contribution is 6.09. The normalized spacial score (nSPS) is 21.9. The Hall–Kier alpha value is -2.27. The van der Waals surface area contributed by atoms with E-state index in [1.807, 2.05) is 5.01 Å². The monoisotopic (exact) mass is 284 g/mol. The van der Waals surface area contributed by atoms with Crippen LogP contribution >= 0.6 is 0 Å². The van der Waals surface area contributed by atoms with E-state index in [1.165, 1.54) is 5.57 Å². The standard InChI is InChI=1S/C16H20N4O/c1-11-4-2-5-12(8-11)10-20-16(18)13(9-19-20)15(17)14-6-3-7-21-14/h2-7,12,17,19H,8-10,18H2,1H3. The molecular weight excluding hydrogens is 264 g/mol. The van der Waals surface area contributed by atoms with Crippen LogP contribution in [0.15, 0.2) is 58.0 Å². The maximum atomic E-state index is 8.19. The Kier molecular flexibility index (Phi) is 3.66. The lowest BCUT2D eigenvalue weighted by atomic mass is 9.95. The van der Waals surface area contributed by atoms with Crippen LogP contribution in [0.2, 0.25) is 0 Å². The zero-order valence-corrected chi connectivity index (χ0v) is 12.1. The molecule has 5 nitrogen and oxygen atoms in total. The second-order valence-corrected chi connectivity index (χ2v) is 5.52. The van der Waals surface area contributed by atoms with Crippen LogP contribution in [-0.2, 0) is 0 Å². The molecule has 1 atom stereocenters. The fourth-order valence-corrected chi connectivity index (χ4v) is 2.75. The van der Waals surface area contributed by atoms with Crippen molar-refractivity contribution >= 4 is 5.71 Å². The van der Waals surface area contributed by atoms with Crippen LogP contribution in [0.4, 0.5) is 0 Å². The van der Waals surface area contributed by atoms with Crippen LogP contribution in [0.1, 0.15) is 19.1 Å². The molecule has 1 aliphatic carbocycles. The van der Waals surface area contributed by atoms with Gasteiger partial charge in [0.1, 0.15) is 11.5 Å². The van der Waals surface area contributed by atoms with Gasteiger partial charge in [-0.2, -0.15) is 0 Å². The topological polar surface area (TPSA) is 78.3 Å². The maximum absolute atomic E-state index is 8.19. The summed E-state index contributed by atoms with van der Waals surface area (Å²) in [4.78, 5) is 0. The Morgan fingerprint density at radius 2 is 2.43 bits per heavy atom. The molecule has 0 fully saturated rings. The first kappa shape index (κ1) is 13.7. The largest absolute Gasteiger partial charge is 0.463 e. The molecule has 1 aliphatic heterocycles. The van der Waals surface area contributed by atoms with Gasteiger partial charge in [0.05, 0.1) is 6.26 Å². The van der Waals surface area contributed by atoms with Crippen molar-refractivity contribution < 1.29 is 4.42 Å². The number of nitrogens with one attached hydrogen (secondary N) is 2. The lowest BCUT2D eigenvalue weighted by molar-refractivity contribution is 0.250. The Balaban J connectivity index is 1.70. The van der Waals surface area contributed by atoms with Gasteiger partial charge in [0.2, 0.25) is 0 Å². The van der Waals surface area contributed by atoms with Crippen molar-refractivity contribution in [2.24, 2.45) is 11.7 Å². The second-order valence-electron chi connectivity index (χ2n) is 5.52. The predicted octanol–water partition coefficient (Wildman–Crippen LogP) is 2.16. The number of hydrogen-bond acceptors (Lipinski definition) is 5. The summed E-state index contributed by atoms with van der Waals surface area (Å²) < 4.78 is 5.28.